The third kappa shape index (κ3) is 26.7. The van der Waals surface area contributed by atoms with E-state index >= 15 is 0 Å². The fourth-order valence-electron chi connectivity index (χ4n) is 11.5. The number of hydrogen-bond acceptors (Lipinski definition) is 15. The smallest absolute Gasteiger partial charge is 0.394 e. The van der Waals surface area contributed by atoms with Crippen molar-refractivity contribution in [3.8, 4) is 23.5 Å². The Morgan fingerprint density at radius 3 is 1.25 bits per heavy atom. The molecule has 0 aliphatic carbocycles. The first-order chi connectivity index (χ1) is 53.6. The Kier molecular flexibility index (Phi) is 35.8. The number of carboxylic acids is 1. The largest absolute Gasteiger partial charge is 0.481 e. The van der Waals surface area contributed by atoms with Crippen molar-refractivity contribution >= 4 is 80.5 Å². The van der Waals surface area contributed by atoms with Crippen molar-refractivity contribution in [2.24, 2.45) is 16.8 Å². The Labute approximate surface area is 660 Å². The summed E-state index contributed by atoms with van der Waals surface area (Å²) in [6.07, 6.45) is -2.37. The zero-order valence-electron chi connectivity index (χ0n) is 61.6. The summed E-state index contributed by atoms with van der Waals surface area (Å²) in [6, 6.07) is 54.5. The molecular weight excluding hydrogens is 1570 g/mol. The van der Waals surface area contributed by atoms with Crippen LogP contribution >= 0.6 is 28.3 Å². The van der Waals surface area contributed by atoms with Gasteiger partial charge in [0, 0.05) is 34.9 Å². The van der Waals surface area contributed by atoms with Crippen molar-refractivity contribution in [2.45, 2.75) is 77.3 Å². The van der Waals surface area contributed by atoms with Crippen LogP contribution in [0.15, 0.2) is 228 Å². The van der Waals surface area contributed by atoms with Gasteiger partial charge < -0.3 is 44.9 Å². The van der Waals surface area contributed by atoms with Gasteiger partial charge in [-0.1, -0.05) is 159 Å². The zero-order chi connectivity index (χ0) is 81.6. The topological polar surface area (TPSA) is 258 Å². The Bertz CT molecular complexity index is 4600. The molecule has 6 aromatic carbocycles. The van der Waals surface area contributed by atoms with Crippen LogP contribution in [0.1, 0.15) is 133 Å². The summed E-state index contributed by atoms with van der Waals surface area (Å²) in [4.78, 5) is 70.5. The highest BCUT2D eigenvalue weighted by atomic mass is 79.9. The second kappa shape index (κ2) is 44.9. The molecule has 3 amide bonds. The number of aromatic nitrogens is 4. The molecule has 4 aromatic heterocycles. The number of carbonyl (C=O) groups is 4. The third-order valence-electron chi connectivity index (χ3n) is 17.0. The van der Waals surface area contributed by atoms with E-state index in [1.165, 1.54) is 93.2 Å². The molecule has 2 unspecified atom stereocenters. The van der Waals surface area contributed by atoms with E-state index in [1.807, 2.05) is 135 Å². The van der Waals surface area contributed by atoms with Crippen LogP contribution in [0, 0.1) is 28.9 Å². The number of carboxylic acid groups (broad SMARTS) is 1. The Morgan fingerprint density at radius 2 is 0.850 bits per heavy atom. The van der Waals surface area contributed by atoms with Gasteiger partial charge in [0.15, 0.2) is 0 Å². The number of carbonyl (C=O) groups excluding carboxylic acids is 3. The first kappa shape index (κ1) is 90.1. The van der Waals surface area contributed by atoms with Crippen LogP contribution in [0.25, 0.3) is 0 Å². The van der Waals surface area contributed by atoms with Crippen molar-refractivity contribution in [3.63, 3.8) is 0 Å². The molecule has 19 nitrogen and oxygen atoms in total. The van der Waals surface area contributed by atoms with Crippen molar-refractivity contribution in [2.75, 3.05) is 52.6 Å². The van der Waals surface area contributed by atoms with Crippen LogP contribution in [0.5, 0.6) is 23.5 Å². The molecule has 31 heteroatoms. The monoisotopic (exact) mass is 1650 g/mol. The van der Waals surface area contributed by atoms with Gasteiger partial charge in [-0.2, -0.15) is 0 Å². The van der Waals surface area contributed by atoms with Crippen LogP contribution in [-0.4, -0.2) is 111 Å². The summed E-state index contributed by atoms with van der Waals surface area (Å²) in [5.41, 5.74) is 11.0. The van der Waals surface area contributed by atoms with Gasteiger partial charge in [0.2, 0.25) is 23.5 Å². The van der Waals surface area contributed by atoms with Gasteiger partial charge in [-0.05, 0) is 124 Å². The molecule has 0 spiro atoms. The van der Waals surface area contributed by atoms with Gasteiger partial charge in [0.25, 0.3) is 25.7 Å². The molecule has 12 rings (SSSR count). The van der Waals surface area contributed by atoms with E-state index < -0.39 is 55.0 Å². The number of benzene rings is 6. The summed E-state index contributed by atoms with van der Waals surface area (Å²) < 4.78 is 147. The van der Waals surface area contributed by atoms with Gasteiger partial charge in [-0.25, -0.2) is 73.6 Å². The van der Waals surface area contributed by atoms with Gasteiger partial charge in [-0.3, -0.25) is 19.8 Å². The Balaban J connectivity index is 0.000000218. The maximum absolute atomic E-state index is 13.3. The molecular formula is C82H80BrClF10N10O9. The van der Waals surface area contributed by atoms with E-state index in [9.17, 15) is 63.1 Å². The van der Waals surface area contributed by atoms with Gasteiger partial charge in [0.05, 0.1) is 110 Å². The lowest BCUT2D eigenvalue weighted by Gasteiger charge is -2.38. The van der Waals surface area contributed by atoms with Crippen LogP contribution in [0.3, 0.4) is 0 Å². The first-order valence-electron chi connectivity index (χ1n) is 34.4. The second-order valence-corrected chi connectivity index (χ2v) is 25.8. The normalized spacial score (nSPS) is 14.7. The number of likely N-dealkylation sites (tertiary alicyclic amines) is 2. The highest BCUT2D eigenvalue weighted by Gasteiger charge is 2.36. The molecule has 5 N–H and O–H groups in total. The summed E-state index contributed by atoms with van der Waals surface area (Å²) in [7, 11) is 5.12. The number of nitrogens with two attached hydrogens (primary N) is 1. The molecule has 4 atom stereocenters. The SMILES string of the molecule is CC1CCC(c2ccc(F)cc2)N(C(=O)C(=O)O)C1.COc1ncc(Br)cc1C(F)F.COc1ncc(N)cc1C(F)F.COc1ncc(N=C(c2ccccc2)c2ccccc2)cc1C(F)F.COc1ncc(NC(=O)C(=O)N2C[C@H](C)CC[C@H]2c2ccc(F)cc2)cc1C(F)F.Cl.N=C(c1ccccc1)c1ccccc1. The maximum Gasteiger partial charge on any atom is 0.394 e. The quantitative estimate of drug-likeness (QED) is 0.0399. The number of nitrogen functional groups attached to an aromatic ring is 1. The first-order valence-corrected chi connectivity index (χ1v) is 35.2. The van der Waals surface area contributed by atoms with E-state index in [4.69, 9.17) is 25.7 Å². The van der Waals surface area contributed by atoms with Crippen LogP contribution in [0.2, 0.25) is 0 Å². The lowest BCUT2D eigenvalue weighted by atomic mass is 9.90. The number of nitrogens with one attached hydrogen (secondary N) is 2. The highest BCUT2D eigenvalue weighted by Crippen LogP contribution is 2.38. The van der Waals surface area contributed by atoms with Gasteiger partial charge in [0.1, 0.15) is 11.6 Å². The number of amides is 3. The molecule has 0 bridgehead atoms. The molecule has 2 saturated heterocycles. The number of nitrogens with zero attached hydrogens (tertiary/aromatic N) is 7. The molecule has 113 heavy (non-hydrogen) atoms. The molecule has 596 valence electrons. The van der Waals surface area contributed by atoms with E-state index in [0.717, 1.165) is 64.6 Å². The highest BCUT2D eigenvalue weighted by molar-refractivity contribution is 9.10. The summed E-state index contributed by atoms with van der Waals surface area (Å²) in [5, 5.41) is 19.2. The fourth-order valence-corrected chi connectivity index (χ4v) is 11.9. The van der Waals surface area contributed by atoms with E-state index in [1.54, 1.807) is 24.3 Å². The van der Waals surface area contributed by atoms with Crippen molar-refractivity contribution in [1.82, 2.24) is 29.7 Å². The number of anilines is 2. The average molecular weight is 1650 g/mol. The predicted molar refractivity (Wildman–Crippen MR) is 414 cm³/mol. The number of ether oxygens (including phenoxy) is 4. The molecule has 0 saturated carbocycles. The van der Waals surface area contributed by atoms with E-state index in [-0.39, 0.29) is 99.5 Å². The average Bonchev–Trinajstić information content (AvgIpc) is 0.848. The molecule has 2 aliphatic rings. The van der Waals surface area contributed by atoms with Crippen LogP contribution in [-0.2, 0) is 19.2 Å². The van der Waals surface area contributed by atoms with Crippen molar-refractivity contribution in [1.29, 1.82) is 5.41 Å². The van der Waals surface area contributed by atoms with Crippen LogP contribution in [0.4, 0.5) is 61.0 Å². The second-order valence-electron chi connectivity index (χ2n) is 24.9. The molecule has 0 radical (unpaired) electrons. The summed E-state index contributed by atoms with van der Waals surface area (Å²) >= 11 is 3.04. The third-order valence-corrected chi connectivity index (χ3v) is 17.4. The van der Waals surface area contributed by atoms with Crippen LogP contribution < -0.4 is 30.0 Å². The number of piperidine rings is 2. The van der Waals surface area contributed by atoms with E-state index in [2.05, 4.69) is 55.6 Å². The lowest BCUT2D eigenvalue weighted by molar-refractivity contribution is -0.158. The minimum Gasteiger partial charge on any atom is -0.481 e. The summed E-state index contributed by atoms with van der Waals surface area (Å²) in [6.45, 7) is 4.75. The molecule has 6 heterocycles. The Hall–Kier alpha value is -11.8. The minimum absolute atomic E-state index is 0. The van der Waals surface area contributed by atoms with Crippen molar-refractivity contribution in [3.05, 3.63) is 291 Å². The predicted octanol–water partition coefficient (Wildman–Crippen LogP) is 19.4. The number of methoxy groups -OCH3 is 4. The van der Waals surface area contributed by atoms with Gasteiger partial charge >= 0.3 is 23.7 Å². The number of hydrogen-bond donors (Lipinski definition) is 4. The molecule has 10 aromatic rings. The summed E-state index contributed by atoms with van der Waals surface area (Å²) in [5.74, 6) is -4.80. The fraction of sp³-hybridized carbons (Fsp3) is 0.244. The number of pyridine rings is 4. The lowest BCUT2D eigenvalue weighted by Crippen LogP contribution is -2.46. The van der Waals surface area contributed by atoms with Gasteiger partial charge in [-0.15, -0.1) is 12.4 Å². The number of alkyl halides is 8. The minimum atomic E-state index is -2.86. The number of halogens is 12. The number of aliphatic carboxylic acids is 1. The standard InChI is InChI=1S/C21H22F3N3O3.C20H16F2N2O.C14H16FNO3.C13H11N.C7H6BrF2NO.C7H8F2N2O.ClH/c1-12-3-8-17(13-4-6-14(22)7-5-13)27(11-12)21(29)19(28)26-15-9-16(18(23)24)20(30-2)25-10-15;1-25-20-17(19(21)22)12-16(13-23-20)24-18(14-8-4-2-5-9-14)15-10-6-3-7-11-15;1-9-2-7-12(10-3-5-11(15)6-4-10)16(8-9)13(17)14(18)19;14-13(11-7-3-1-4-8-11)12-9-5-2-6-10-12;1-12-7-5(6(9)10)2-4(8)3-11-7;1-12-7-5(6(8)9)2-4(10)3-11-7;/h4-7,9-10,12,17-18H,3,8,11H2,1-2H3,(H,26,28);2-13,19H,1H3;3-6,9,12H,2,7-8H2,1H3,(H,18,19);1-10,14H;2-3,6H,1H3;2-3,6H,10H2,1H3;1H/t12-,17+;;;;;;/m1....../s1. The maximum atomic E-state index is 13.3. The van der Waals surface area contributed by atoms with Crippen molar-refractivity contribution < 1.29 is 87.1 Å². The van der Waals surface area contributed by atoms with E-state index in [0.29, 0.717) is 47.5 Å². The molecule has 2 fully saturated rings. The Morgan fingerprint density at radius 1 is 0.496 bits per heavy atom. The number of rotatable bonds is 16. The molecule has 2 aliphatic heterocycles. The number of aliphatic imine (C=N–C) groups is 1. The zero-order valence-corrected chi connectivity index (χ0v) is 64.0.